The van der Waals surface area contributed by atoms with Crippen molar-refractivity contribution in [1.82, 2.24) is 9.55 Å². The summed E-state index contributed by atoms with van der Waals surface area (Å²) in [6.07, 6.45) is 7.50. The first-order chi connectivity index (χ1) is 9.29. The van der Waals surface area contributed by atoms with Crippen LogP contribution in [0, 0.1) is 3.57 Å². The standard InChI is InChI=1S/C15H18ClIN2/c16-9-8-15-18-13-10-11(17)6-7-14(13)19(15)12-4-2-1-3-5-12/h6-7,10,12H,1-5,8-9H2. The van der Waals surface area contributed by atoms with Gasteiger partial charge in [-0.3, -0.25) is 0 Å². The summed E-state index contributed by atoms with van der Waals surface area (Å²) in [5, 5.41) is 0. The quantitative estimate of drug-likeness (QED) is 0.538. The number of halogens is 2. The Morgan fingerprint density at radius 3 is 2.79 bits per heavy atom. The topological polar surface area (TPSA) is 17.8 Å². The highest BCUT2D eigenvalue weighted by molar-refractivity contribution is 14.1. The van der Waals surface area contributed by atoms with Crippen LogP contribution in [0.2, 0.25) is 0 Å². The zero-order chi connectivity index (χ0) is 13.2. The lowest BCUT2D eigenvalue weighted by molar-refractivity contribution is 0.353. The zero-order valence-electron chi connectivity index (χ0n) is 10.9. The summed E-state index contributed by atoms with van der Waals surface area (Å²) in [6.45, 7) is 0. The van der Waals surface area contributed by atoms with Crippen molar-refractivity contribution in [3.8, 4) is 0 Å². The molecule has 2 aromatic rings. The van der Waals surface area contributed by atoms with Gasteiger partial charge in [-0.1, -0.05) is 19.3 Å². The molecule has 0 unspecified atom stereocenters. The zero-order valence-corrected chi connectivity index (χ0v) is 13.8. The number of fused-ring (bicyclic) bond motifs is 1. The van der Waals surface area contributed by atoms with Crippen molar-refractivity contribution in [2.45, 2.75) is 44.6 Å². The Morgan fingerprint density at radius 2 is 2.05 bits per heavy atom. The molecule has 1 heterocycles. The fraction of sp³-hybridized carbons (Fsp3) is 0.533. The molecule has 102 valence electrons. The van der Waals surface area contributed by atoms with Gasteiger partial charge >= 0.3 is 0 Å². The van der Waals surface area contributed by atoms with Gasteiger partial charge in [-0.2, -0.15) is 0 Å². The Kier molecular flexibility index (Phi) is 4.32. The molecule has 1 aliphatic rings. The van der Waals surface area contributed by atoms with Gasteiger partial charge in [0.05, 0.1) is 11.0 Å². The number of imidazole rings is 1. The lowest BCUT2D eigenvalue weighted by Crippen LogP contribution is -2.15. The molecule has 4 heteroatoms. The van der Waals surface area contributed by atoms with Crippen molar-refractivity contribution in [3.05, 3.63) is 27.6 Å². The second-order valence-corrected chi connectivity index (χ2v) is 6.89. The first kappa shape index (κ1) is 13.7. The normalized spacial score (nSPS) is 17.2. The maximum absolute atomic E-state index is 5.95. The minimum Gasteiger partial charge on any atom is -0.325 e. The van der Waals surface area contributed by atoms with E-state index < -0.39 is 0 Å². The van der Waals surface area contributed by atoms with Crippen LogP contribution in [0.1, 0.15) is 44.0 Å². The van der Waals surface area contributed by atoms with Crippen LogP contribution in [0.25, 0.3) is 11.0 Å². The number of nitrogens with zero attached hydrogens (tertiary/aromatic N) is 2. The maximum Gasteiger partial charge on any atom is 0.111 e. The van der Waals surface area contributed by atoms with E-state index >= 15 is 0 Å². The van der Waals surface area contributed by atoms with E-state index in [1.165, 1.54) is 47.0 Å². The van der Waals surface area contributed by atoms with Crippen LogP contribution in [0.4, 0.5) is 0 Å². The number of rotatable bonds is 3. The van der Waals surface area contributed by atoms with Crippen LogP contribution in [-0.4, -0.2) is 15.4 Å². The van der Waals surface area contributed by atoms with Gasteiger partial charge in [0.2, 0.25) is 0 Å². The molecule has 0 amide bonds. The summed E-state index contributed by atoms with van der Waals surface area (Å²) < 4.78 is 3.71. The average molecular weight is 389 g/mol. The Morgan fingerprint density at radius 1 is 1.26 bits per heavy atom. The van der Waals surface area contributed by atoms with E-state index in [2.05, 4.69) is 45.4 Å². The highest BCUT2D eigenvalue weighted by atomic mass is 127. The van der Waals surface area contributed by atoms with Gasteiger partial charge < -0.3 is 4.57 Å². The van der Waals surface area contributed by atoms with Gasteiger partial charge in [0.25, 0.3) is 0 Å². The number of hydrogen-bond acceptors (Lipinski definition) is 1. The smallest absolute Gasteiger partial charge is 0.111 e. The van der Waals surface area contributed by atoms with Crippen molar-refractivity contribution in [3.63, 3.8) is 0 Å². The van der Waals surface area contributed by atoms with Crippen LogP contribution in [0.5, 0.6) is 0 Å². The number of aryl methyl sites for hydroxylation is 1. The molecule has 1 aromatic carbocycles. The lowest BCUT2D eigenvalue weighted by atomic mass is 9.95. The van der Waals surface area contributed by atoms with Gasteiger partial charge in [0, 0.05) is 21.9 Å². The van der Waals surface area contributed by atoms with E-state index in [9.17, 15) is 0 Å². The molecule has 0 aliphatic heterocycles. The Hall–Kier alpha value is -0.290. The van der Waals surface area contributed by atoms with E-state index in [0.717, 1.165) is 11.9 Å². The predicted molar refractivity (Wildman–Crippen MR) is 89.0 cm³/mol. The molecule has 0 radical (unpaired) electrons. The van der Waals surface area contributed by atoms with E-state index in [-0.39, 0.29) is 0 Å². The Balaban J connectivity index is 2.09. The van der Waals surface area contributed by atoms with Gasteiger partial charge in [0.1, 0.15) is 5.82 Å². The van der Waals surface area contributed by atoms with E-state index in [0.29, 0.717) is 11.9 Å². The van der Waals surface area contributed by atoms with Crippen LogP contribution in [0.15, 0.2) is 18.2 Å². The first-order valence-electron chi connectivity index (χ1n) is 7.02. The summed E-state index contributed by atoms with van der Waals surface area (Å²) in [5.74, 6) is 1.81. The number of hydrogen-bond donors (Lipinski definition) is 0. The molecule has 2 nitrogen and oxygen atoms in total. The third-order valence-electron chi connectivity index (χ3n) is 3.98. The number of benzene rings is 1. The van der Waals surface area contributed by atoms with E-state index in [1.54, 1.807) is 0 Å². The van der Waals surface area contributed by atoms with Gasteiger partial charge in [0.15, 0.2) is 0 Å². The van der Waals surface area contributed by atoms with Crippen molar-refractivity contribution in [1.29, 1.82) is 0 Å². The molecular weight excluding hydrogens is 371 g/mol. The summed E-state index contributed by atoms with van der Waals surface area (Å²) in [4.78, 5) is 4.81. The van der Waals surface area contributed by atoms with Crippen molar-refractivity contribution >= 4 is 45.2 Å². The maximum atomic E-state index is 5.95. The molecule has 1 aliphatic carbocycles. The van der Waals surface area contributed by atoms with Crippen LogP contribution in [0.3, 0.4) is 0 Å². The van der Waals surface area contributed by atoms with Crippen molar-refractivity contribution in [2.24, 2.45) is 0 Å². The first-order valence-corrected chi connectivity index (χ1v) is 8.63. The lowest BCUT2D eigenvalue weighted by Gasteiger charge is -2.25. The van der Waals surface area contributed by atoms with Gasteiger partial charge in [-0.25, -0.2) is 4.98 Å². The van der Waals surface area contributed by atoms with Gasteiger partial charge in [-0.05, 0) is 53.6 Å². The van der Waals surface area contributed by atoms with Crippen LogP contribution in [-0.2, 0) is 6.42 Å². The van der Waals surface area contributed by atoms with Crippen LogP contribution < -0.4 is 0 Å². The SMILES string of the molecule is ClCCc1nc2cc(I)ccc2n1C1CCCCC1. The Labute approximate surface area is 132 Å². The Bertz CT molecular complexity index is 573. The second-order valence-electron chi connectivity index (χ2n) is 5.26. The molecular formula is C15H18ClIN2. The number of alkyl halides is 1. The molecule has 1 saturated carbocycles. The average Bonchev–Trinajstić information content (AvgIpc) is 2.77. The summed E-state index contributed by atoms with van der Waals surface area (Å²) in [7, 11) is 0. The van der Waals surface area contributed by atoms with Crippen LogP contribution >= 0.6 is 34.2 Å². The fourth-order valence-corrected chi connectivity index (χ4v) is 3.77. The molecule has 0 atom stereocenters. The molecule has 1 fully saturated rings. The largest absolute Gasteiger partial charge is 0.325 e. The predicted octanol–water partition coefficient (Wildman–Crippen LogP) is 4.93. The van der Waals surface area contributed by atoms with Crippen molar-refractivity contribution < 1.29 is 0 Å². The summed E-state index contributed by atoms with van der Waals surface area (Å²) in [5.41, 5.74) is 2.41. The molecule has 0 N–H and O–H groups in total. The molecule has 0 bridgehead atoms. The van der Waals surface area contributed by atoms with Crippen molar-refractivity contribution in [2.75, 3.05) is 5.88 Å². The molecule has 1 aromatic heterocycles. The minimum absolute atomic E-state index is 0.622. The molecule has 3 rings (SSSR count). The third kappa shape index (κ3) is 2.77. The fourth-order valence-electron chi connectivity index (χ4n) is 3.13. The second kappa shape index (κ2) is 6.00. The highest BCUT2D eigenvalue weighted by Crippen LogP contribution is 2.33. The number of aromatic nitrogens is 2. The minimum atomic E-state index is 0.622. The molecule has 0 saturated heterocycles. The third-order valence-corrected chi connectivity index (χ3v) is 4.84. The van der Waals surface area contributed by atoms with E-state index in [1.807, 2.05) is 0 Å². The monoisotopic (exact) mass is 388 g/mol. The molecule has 0 spiro atoms. The molecule has 19 heavy (non-hydrogen) atoms. The summed E-state index contributed by atoms with van der Waals surface area (Å²) in [6, 6.07) is 7.19. The van der Waals surface area contributed by atoms with E-state index in [4.69, 9.17) is 16.6 Å². The summed E-state index contributed by atoms with van der Waals surface area (Å²) >= 11 is 8.30. The highest BCUT2D eigenvalue weighted by Gasteiger charge is 2.21. The van der Waals surface area contributed by atoms with Gasteiger partial charge in [-0.15, -0.1) is 11.6 Å².